The number of aliphatic hydroxyl groups is 1. The van der Waals surface area contributed by atoms with Gasteiger partial charge in [0.25, 0.3) is 0 Å². The number of fused-ring (bicyclic) bond motifs is 3. The Morgan fingerprint density at radius 2 is 1.68 bits per heavy atom. The van der Waals surface area contributed by atoms with Gasteiger partial charge in [-0.15, -0.1) is 0 Å². The Hall–Kier alpha value is -0.0800. The smallest absolute Gasteiger partial charge is 0.0687 e. The molecule has 2 saturated carbocycles. The zero-order valence-corrected chi connectivity index (χ0v) is 15.2. The maximum Gasteiger partial charge on any atom is 0.0687 e. The zero-order chi connectivity index (χ0) is 16.0. The van der Waals surface area contributed by atoms with E-state index in [4.69, 9.17) is 4.74 Å². The first-order valence-corrected chi connectivity index (χ1v) is 9.57. The van der Waals surface area contributed by atoms with Crippen molar-refractivity contribution in [3.63, 3.8) is 0 Å². The molecule has 5 unspecified atom stereocenters. The van der Waals surface area contributed by atoms with Crippen LogP contribution in [0, 0.1) is 28.6 Å². The molecule has 0 aromatic heterocycles. The molecular weight excluding hydrogens is 272 g/mol. The Morgan fingerprint density at radius 3 is 2.41 bits per heavy atom. The molecule has 3 fully saturated rings. The molecule has 1 saturated heterocycles. The molecule has 2 heteroatoms. The second kappa shape index (κ2) is 5.77. The minimum absolute atomic E-state index is 0.0685. The van der Waals surface area contributed by atoms with E-state index in [0.29, 0.717) is 29.3 Å². The lowest BCUT2D eigenvalue weighted by Crippen LogP contribution is -2.59. The summed E-state index contributed by atoms with van der Waals surface area (Å²) in [5.41, 5.74) is 0.971. The van der Waals surface area contributed by atoms with Gasteiger partial charge in [-0.3, -0.25) is 0 Å². The van der Waals surface area contributed by atoms with Gasteiger partial charge < -0.3 is 9.84 Å². The molecule has 0 bridgehead atoms. The average molecular weight is 309 g/mol. The van der Waals surface area contributed by atoms with Gasteiger partial charge in [0.05, 0.1) is 5.60 Å². The molecule has 1 aliphatic heterocycles. The van der Waals surface area contributed by atoms with Crippen LogP contribution in [-0.4, -0.2) is 23.9 Å². The van der Waals surface area contributed by atoms with Crippen molar-refractivity contribution in [2.24, 2.45) is 28.6 Å². The van der Waals surface area contributed by atoms with Crippen LogP contribution in [0.25, 0.3) is 0 Å². The van der Waals surface area contributed by atoms with Crippen molar-refractivity contribution in [2.75, 3.05) is 13.2 Å². The molecule has 0 amide bonds. The van der Waals surface area contributed by atoms with Gasteiger partial charge in [-0.05, 0) is 80.5 Å². The Morgan fingerprint density at radius 1 is 0.909 bits per heavy atom. The molecule has 3 rings (SSSR count). The van der Waals surface area contributed by atoms with E-state index in [1.54, 1.807) is 0 Å². The van der Waals surface area contributed by atoms with Crippen molar-refractivity contribution < 1.29 is 9.84 Å². The van der Waals surface area contributed by atoms with Crippen molar-refractivity contribution in [1.82, 2.24) is 0 Å². The van der Waals surface area contributed by atoms with Crippen LogP contribution in [0.3, 0.4) is 0 Å². The Bertz CT molecular complexity index is 405. The second-order valence-corrected chi connectivity index (χ2v) is 9.57. The Balaban J connectivity index is 1.90. The van der Waals surface area contributed by atoms with Gasteiger partial charge in [-0.2, -0.15) is 0 Å². The highest BCUT2D eigenvalue weighted by molar-refractivity contribution is 5.08. The number of rotatable bonds is 1. The predicted molar refractivity (Wildman–Crippen MR) is 90.7 cm³/mol. The standard InChI is InChI=1S/C20H36O2/c1-18(2)10-5-11-19(3)16(18)8-12-20(4)17(19)7-6-15(14-21)9-13-22-20/h15-17,21H,5-14H2,1-4H3. The molecule has 5 atom stereocenters. The molecule has 2 nitrogen and oxygen atoms in total. The summed E-state index contributed by atoms with van der Waals surface area (Å²) in [6.45, 7) is 11.1. The lowest BCUT2D eigenvalue weighted by Gasteiger charge is -2.62. The SMILES string of the molecule is CC1(C)CCCC2(C)C1CCC1(C)OCCC(CO)CCC12. The Kier molecular flexibility index (Phi) is 4.40. The van der Waals surface area contributed by atoms with Gasteiger partial charge in [-0.25, -0.2) is 0 Å². The minimum Gasteiger partial charge on any atom is -0.396 e. The van der Waals surface area contributed by atoms with Gasteiger partial charge in [-0.1, -0.05) is 27.2 Å². The highest BCUT2D eigenvalue weighted by Gasteiger charge is 2.58. The van der Waals surface area contributed by atoms with E-state index in [1.807, 2.05) is 0 Å². The van der Waals surface area contributed by atoms with Crippen LogP contribution in [0.1, 0.15) is 79.1 Å². The summed E-state index contributed by atoms with van der Waals surface area (Å²) in [5, 5.41) is 9.59. The van der Waals surface area contributed by atoms with Crippen LogP contribution in [0.15, 0.2) is 0 Å². The van der Waals surface area contributed by atoms with Crippen molar-refractivity contribution in [3.8, 4) is 0 Å². The lowest BCUT2D eigenvalue weighted by atomic mass is 9.45. The van der Waals surface area contributed by atoms with Crippen LogP contribution in [0.5, 0.6) is 0 Å². The molecule has 0 aromatic rings. The molecule has 3 aliphatic rings. The molecular formula is C20H36O2. The predicted octanol–water partition coefficient (Wildman–Crippen LogP) is 4.80. The van der Waals surface area contributed by atoms with Gasteiger partial charge in [0.15, 0.2) is 0 Å². The monoisotopic (exact) mass is 308 g/mol. The number of ether oxygens (including phenoxy) is 1. The summed E-state index contributed by atoms with van der Waals surface area (Å²) in [6, 6.07) is 0. The summed E-state index contributed by atoms with van der Waals surface area (Å²) in [4.78, 5) is 0. The maximum absolute atomic E-state index is 9.59. The molecule has 0 spiro atoms. The fourth-order valence-electron chi connectivity index (χ4n) is 6.60. The average Bonchev–Trinajstić information content (AvgIpc) is 2.41. The third kappa shape index (κ3) is 2.65. The van der Waals surface area contributed by atoms with E-state index in [9.17, 15) is 5.11 Å². The van der Waals surface area contributed by atoms with E-state index in [1.165, 1.54) is 44.9 Å². The molecule has 0 radical (unpaired) electrons. The van der Waals surface area contributed by atoms with Gasteiger partial charge >= 0.3 is 0 Å². The highest BCUT2D eigenvalue weighted by atomic mass is 16.5. The van der Waals surface area contributed by atoms with Crippen molar-refractivity contribution in [1.29, 1.82) is 0 Å². The van der Waals surface area contributed by atoms with Crippen LogP contribution in [-0.2, 0) is 4.74 Å². The number of hydrogen-bond acceptors (Lipinski definition) is 2. The van der Waals surface area contributed by atoms with E-state index in [0.717, 1.165) is 18.9 Å². The third-order valence-corrected chi connectivity index (χ3v) is 7.82. The fraction of sp³-hybridized carbons (Fsp3) is 1.00. The topological polar surface area (TPSA) is 29.5 Å². The van der Waals surface area contributed by atoms with E-state index >= 15 is 0 Å². The normalized spacial score (nSPS) is 48.7. The number of hydrogen-bond donors (Lipinski definition) is 1. The fourth-order valence-corrected chi connectivity index (χ4v) is 6.60. The first-order chi connectivity index (χ1) is 10.3. The summed E-state index contributed by atoms with van der Waals surface area (Å²) in [7, 11) is 0. The van der Waals surface area contributed by atoms with E-state index in [-0.39, 0.29) is 5.60 Å². The molecule has 128 valence electrons. The molecule has 0 aromatic carbocycles. The first-order valence-electron chi connectivity index (χ1n) is 9.57. The van der Waals surface area contributed by atoms with Gasteiger partial charge in [0, 0.05) is 13.2 Å². The van der Waals surface area contributed by atoms with Crippen LogP contribution in [0.2, 0.25) is 0 Å². The Labute approximate surface area is 137 Å². The van der Waals surface area contributed by atoms with E-state index < -0.39 is 0 Å². The van der Waals surface area contributed by atoms with Crippen LogP contribution >= 0.6 is 0 Å². The minimum atomic E-state index is 0.0685. The quantitative estimate of drug-likeness (QED) is 0.754. The van der Waals surface area contributed by atoms with E-state index in [2.05, 4.69) is 27.7 Å². The first kappa shape index (κ1) is 16.8. The summed E-state index contributed by atoms with van der Waals surface area (Å²) in [6.07, 6.45) is 10.1. The molecule has 2 aliphatic carbocycles. The summed E-state index contributed by atoms with van der Waals surface area (Å²) >= 11 is 0. The van der Waals surface area contributed by atoms with Crippen molar-refractivity contribution in [2.45, 2.75) is 84.7 Å². The maximum atomic E-state index is 9.59. The van der Waals surface area contributed by atoms with Crippen LogP contribution < -0.4 is 0 Å². The zero-order valence-electron chi connectivity index (χ0n) is 15.2. The molecule has 22 heavy (non-hydrogen) atoms. The molecule has 1 heterocycles. The lowest BCUT2D eigenvalue weighted by molar-refractivity contribution is -0.201. The van der Waals surface area contributed by atoms with Gasteiger partial charge in [0.2, 0.25) is 0 Å². The van der Waals surface area contributed by atoms with Crippen molar-refractivity contribution >= 4 is 0 Å². The molecule has 1 N–H and O–H groups in total. The number of aliphatic hydroxyl groups excluding tert-OH is 1. The van der Waals surface area contributed by atoms with Gasteiger partial charge in [0.1, 0.15) is 0 Å². The van der Waals surface area contributed by atoms with Crippen LogP contribution in [0.4, 0.5) is 0 Å². The third-order valence-electron chi connectivity index (χ3n) is 7.82. The summed E-state index contributed by atoms with van der Waals surface area (Å²) < 4.78 is 6.48. The summed E-state index contributed by atoms with van der Waals surface area (Å²) in [5.74, 6) is 1.94. The van der Waals surface area contributed by atoms with Crippen molar-refractivity contribution in [3.05, 3.63) is 0 Å². The largest absolute Gasteiger partial charge is 0.396 e. The second-order valence-electron chi connectivity index (χ2n) is 9.57. The highest BCUT2D eigenvalue weighted by Crippen LogP contribution is 2.64.